The minimum atomic E-state index is 0.369. The first-order valence-electron chi connectivity index (χ1n) is 5.65. The Morgan fingerprint density at radius 1 is 1.37 bits per heavy atom. The number of thiazole rings is 1. The van der Waals surface area contributed by atoms with Crippen molar-refractivity contribution in [1.82, 2.24) is 9.38 Å². The third kappa shape index (κ3) is 2.56. The van der Waals surface area contributed by atoms with E-state index < -0.39 is 0 Å². The second kappa shape index (κ2) is 5.41. The number of halogens is 2. The summed E-state index contributed by atoms with van der Waals surface area (Å²) < 4.78 is 7.73. The summed E-state index contributed by atoms with van der Waals surface area (Å²) >= 11 is 13.6. The van der Waals surface area contributed by atoms with E-state index in [1.165, 1.54) is 0 Å². The second-order valence-corrected chi connectivity index (χ2v) is 5.52. The minimum Gasteiger partial charge on any atom is -0.485 e. The molecule has 0 aliphatic heterocycles. The zero-order chi connectivity index (χ0) is 13.2. The Balaban J connectivity index is 1.80. The molecule has 0 saturated heterocycles. The number of nitrogens with zero attached hydrogens (tertiary/aromatic N) is 2. The quantitative estimate of drug-likeness (QED) is 0.669. The van der Waals surface area contributed by atoms with Crippen LogP contribution in [-0.4, -0.2) is 9.38 Å². The lowest BCUT2D eigenvalue weighted by Crippen LogP contribution is -1.99. The van der Waals surface area contributed by atoms with Gasteiger partial charge < -0.3 is 4.74 Å². The molecule has 6 heteroatoms. The molecule has 3 nitrogen and oxygen atoms in total. The molecule has 0 fully saturated rings. The number of ether oxygens (including phenoxy) is 1. The molecule has 0 saturated carbocycles. The van der Waals surface area contributed by atoms with E-state index in [0.717, 1.165) is 16.2 Å². The van der Waals surface area contributed by atoms with Crippen LogP contribution < -0.4 is 4.74 Å². The zero-order valence-electron chi connectivity index (χ0n) is 9.85. The highest BCUT2D eigenvalue weighted by atomic mass is 35.5. The summed E-state index contributed by atoms with van der Waals surface area (Å²) in [6, 6.07) is 5.55. The number of imidazole rings is 1. The predicted molar refractivity (Wildman–Crippen MR) is 78.4 cm³/mol. The Hall–Kier alpha value is -1.23. The second-order valence-electron chi connectivity index (χ2n) is 3.98. The third-order valence-corrected chi connectivity index (χ3v) is 4.06. The Morgan fingerprint density at radius 2 is 2.26 bits per heavy atom. The number of fused-ring (bicyclic) bond motifs is 1. The van der Waals surface area contributed by atoms with Gasteiger partial charge in [-0.25, -0.2) is 4.98 Å². The van der Waals surface area contributed by atoms with Gasteiger partial charge >= 0.3 is 0 Å². The van der Waals surface area contributed by atoms with Crippen LogP contribution in [0.1, 0.15) is 11.3 Å². The van der Waals surface area contributed by atoms with Crippen molar-refractivity contribution in [3.05, 3.63) is 52.3 Å². The first kappa shape index (κ1) is 12.8. The molecule has 0 spiro atoms. The molecule has 3 rings (SSSR count). The number of alkyl halides is 1. The zero-order valence-corrected chi connectivity index (χ0v) is 12.2. The maximum absolute atomic E-state index is 6.12. The monoisotopic (exact) mass is 312 g/mol. The molecule has 2 heterocycles. The fourth-order valence-electron chi connectivity index (χ4n) is 1.81. The molecule has 0 unspecified atom stereocenters. The van der Waals surface area contributed by atoms with Crippen LogP contribution in [0.5, 0.6) is 5.75 Å². The fraction of sp³-hybridized carbons (Fsp3) is 0.154. The van der Waals surface area contributed by atoms with E-state index in [-0.39, 0.29) is 0 Å². The fourth-order valence-corrected chi connectivity index (χ4v) is 2.99. The molecule has 0 radical (unpaired) electrons. The Bertz CT molecular complexity index is 679. The van der Waals surface area contributed by atoms with E-state index in [1.54, 1.807) is 17.4 Å². The van der Waals surface area contributed by atoms with Gasteiger partial charge in [-0.15, -0.1) is 22.9 Å². The number of para-hydroxylation sites is 1. The Kier molecular flexibility index (Phi) is 3.64. The van der Waals surface area contributed by atoms with Crippen LogP contribution in [-0.2, 0) is 12.5 Å². The predicted octanol–water partition coefficient (Wildman–Crippen LogP) is 4.37. The van der Waals surface area contributed by atoms with E-state index in [4.69, 9.17) is 27.9 Å². The normalized spacial score (nSPS) is 11.1. The summed E-state index contributed by atoms with van der Waals surface area (Å²) in [5, 5.41) is 2.56. The van der Waals surface area contributed by atoms with Crippen molar-refractivity contribution in [3.63, 3.8) is 0 Å². The summed E-state index contributed by atoms with van der Waals surface area (Å²) in [5.41, 5.74) is 1.75. The largest absolute Gasteiger partial charge is 0.485 e. The Morgan fingerprint density at radius 3 is 3.05 bits per heavy atom. The maximum atomic E-state index is 6.12. The Labute approximate surface area is 124 Å². The molecule has 0 N–H and O–H groups in total. The van der Waals surface area contributed by atoms with Gasteiger partial charge in [-0.2, -0.15) is 0 Å². The number of aromatic nitrogens is 2. The van der Waals surface area contributed by atoms with Crippen LogP contribution >= 0.6 is 34.5 Å². The number of benzene rings is 1. The van der Waals surface area contributed by atoms with Gasteiger partial charge in [0.05, 0.1) is 16.6 Å². The topological polar surface area (TPSA) is 26.5 Å². The number of rotatable bonds is 4. The molecule has 2 aromatic heterocycles. The smallest absolute Gasteiger partial charge is 0.193 e. The number of hydrogen-bond donors (Lipinski definition) is 0. The lowest BCUT2D eigenvalue weighted by atomic mass is 10.2. The van der Waals surface area contributed by atoms with Crippen molar-refractivity contribution < 1.29 is 4.74 Å². The molecule has 0 aliphatic rings. The highest BCUT2D eigenvalue weighted by Gasteiger charge is 2.09. The van der Waals surface area contributed by atoms with Gasteiger partial charge in [0, 0.05) is 23.3 Å². The average Bonchev–Trinajstić information content (AvgIpc) is 2.97. The van der Waals surface area contributed by atoms with Crippen molar-refractivity contribution in [3.8, 4) is 5.75 Å². The standard InChI is InChI=1S/C13H10Cl2N2OS/c14-6-9-2-1-3-11(15)12(9)18-8-10-7-17-4-5-19-13(17)16-10/h1-5,7H,6,8H2. The van der Waals surface area contributed by atoms with Crippen molar-refractivity contribution >= 4 is 39.5 Å². The molecule has 0 aliphatic carbocycles. The first-order chi connectivity index (χ1) is 9.28. The highest BCUT2D eigenvalue weighted by Crippen LogP contribution is 2.30. The van der Waals surface area contributed by atoms with Gasteiger partial charge in [0.1, 0.15) is 12.4 Å². The summed E-state index contributed by atoms with van der Waals surface area (Å²) in [7, 11) is 0. The van der Waals surface area contributed by atoms with Gasteiger partial charge in [-0.1, -0.05) is 23.7 Å². The van der Waals surface area contributed by atoms with Crippen molar-refractivity contribution in [2.24, 2.45) is 0 Å². The van der Waals surface area contributed by atoms with Crippen molar-refractivity contribution in [2.75, 3.05) is 0 Å². The van der Waals surface area contributed by atoms with Crippen LogP contribution in [0.3, 0.4) is 0 Å². The van der Waals surface area contributed by atoms with Crippen LogP contribution in [0.15, 0.2) is 36.0 Å². The van der Waals surface area contributed by atoms with Gasteiger partial charge in [-0.3, -0.25) is 4.40 Å². The molecular formula is C13H10Cl2N2OS. The molecule has 0 amide bonds. The molecule has 0 atom stereocenters. The van der Waals surface area contributed by atoms with Crippen LogP contribution in [0.4, 0.5) is 0 Å². The average molecular weight is 313 g/mol. The van der Waals surface area contributed by atoms with E-state index in [0.29, 0.717) is 23.3 Å². The van der Waals surface area contributed by atoms with Crippen molar-refractivity contribution in [2.45, 2.75) is 12.5 Å². The molecule has 1 aromatic carbocycles. The maximum Gasteiger partial charge on any atom is 0.193 e. The summed E-state index contributed by atoms with van der Waals surface area (Å²) in [5.74, 6) is 1.00. The van der Waals surface area contributed by atoms with Crippen molar-refractivity contribution in [1.29, 1.82) is 0 Å². The molecule has 98 valence electrons. The first-order valence-corrected chi connectivity index (χ1v) is 7.44. The van der Waals surface area contributed by atoms with E-state index in [1.807, 2.05) is 34.3 Å². The minimum absolute atomic E-state index is 0.369. The summed E-state index contributed by atoms with van der Waals surface area (Å²) in [6.07, 6.45) is 3.92. The molecule has 19 heavy (non-hydrogen) atoms. The highest BCUT2D eigenvalue weighted by molar-refractivity contribution is 7.15. The van der Waals surface area contributed by atoms with Crippen LogP contribution in [0, 0.1) is 0 Å². The van der Waals surface area contributed by atoms with Gasteiger partial charge in [0.15, 0.2) is 4.96 Å². The van der Waals surface area contributed by atoms with Crippen LogP contribution in [0.2, 0.25) is 5.02 Å². The number of hydrogen-bond acceptors (Lipinski definition) is 3. The van der Waals surface area contributed by atoms with Gasteiger partial charge in [0.2, 0.25) is 0 Å². The van der Waals surface area contributed by atoms with E-state index >= 15 is 0 Å². The van der Waals surface area contributed by atoms with Gasteiger partial charge in [-0.05, 0) is 6.07 Å². The lowest BCUT2D eigenvalue weighted by Gasteiger charge is -2.10. The van der Waals surface area contributed by atoms with Crippen LogP contribution in [0.25, 0.3) is 4.96 Å². The summed E-state index contributed by atoms with van der Waals surface area (Å²) in [6.45, 7) is 0.377. The third-order valence-electron chi connectivity index (χ3n) is 2.70. The molecule has 3 aromatic rings. The summed E-state index contributed by atoms with van der Waals surface area (Å²) in [4.78, 5) is 5.41. The van der Waals surface area contributed by atoms with E-state index in [2.05, 4.69) is 4.98 Å². The SMILES string of the molecule is ClCc1cccc(Cl)c1OCc1cn2ccsc2n1. The molecular weight excluding hydrogens is 303 g/mol. The van der Waals surface area contributed by atoms with Gasteiger partial charge in [0.25, 0.3) is 0 Å². The molecule has 0 bridgehead atoms. The lowest BCUT2D eigenvalue weighted by molar-refractivity contribution is 0.300. The van der Waals surface area contributed by atoms with E-state index in [9.17, 15) is 0 Å².